The monoisotopic (exact) mass is 236 g/mol. The Balaban J connectivity index is 2.36. The standard InChI is InChI=1S/C13H20N2O2/c1-10-4-6-12(7-5-10)15-13(16)14-11(2)8-9-17-3/h4-7,11H,8-9H2,1-3H3,(H2,14,15,16). The highest BCUT2D eigenvalue weighted by molar-refractivity contribution is 5.89. The maximum Gasteiger partial charge on any atom is 0.319 e. The summed E-state index contributed by atoms with van der Waals surface area (Å²) in [4.78, 5) is 11.6. The average molecular weight is 236 g/mol. The molecular weight excluding hydrogens is 216 g/mol. The van der Waals surface area contributed by atoms with Gasteiger partial charge in [-0.05, 0) is 32.4 Å². The number of hydrogen-bond donors (Lipinski definition) is 2. The van der Waals surface area contributed by atoms with Gasteiger partial charge in [0.2, 0.25) is 0 Å². The van der Waals surface area contributed by atoms with Crippen LogP contribution >= 0.6 is 0 Å². The lowest BCUT2D eigenvalue weighted by Crippen LogP contribution is -2.36. The molecule has 94 valence electrons. The van der Waals surface area contributed by atoms with Gasteiger partial charge in [-0.1, -0.05) is 17.7 Å². The van der Waals surface area contributed by atoms with Crippen LogP contribution in [0.1, 0.15) is 18.9 Å². The average Bonchev–Trinajstić information content (AvgIpc) is 2.29. The van der Waals surface area contributed by atoms with Crippen LogP contribution < -0.4 is 10.6 Å². The zero-order chi connectivity index (χ0) is 12.7. The van der Waals surface area contributed by atoms with Gasteiger partial charge in [0, 0.05) is 25.4 Å². The third kappa shape index (κ3) is 5.36. The van der Waals surface area contributed by atoms with Crippen molar-refractivity contribution in [2.45, 2.75) is 26.3 Å². The first-order valence-electron chi connectivity index (χ1n) is 5.75. The van der Waals surface area contributed by atoms with E-state index in [0.29, 0.717) is 6.61 Å². The number of carbonyl (C=O) groups excluding carboxylic acids is 1. The van der Waals surface area contributed by atoms with E-state index in [2.05, 4.69) is 10.6 Å². The number of anilines is 1. The van der Waals surface area contributed by atoms with E-state index in [-0.39, 0.29) is 12.1 Å². The van der Waals surface area contributed by atoms with Crippen molar-refractivity contribution in [3.63, 3.8) is 0 Å². The lowest BCUT2D eigenvalue weighted by Gasteiger charge is -2.14. The molecule has 0 aliphatic heterocycles. The van der Waals surface area contributed by atoms with Crippen molar-refractivity contribution in [2.75, 3.05) is 19.0 Å². The van der Waals surface area contributed by atoms with Gasteiger partial charge >= 0.3 is 6.03 Å². The van der Waals surface area contributed by atoms with E-state index >= 15 is 0 Å². The van der Waals surface area contributed by atoms with Crippen molar-refractivity contribution in [3.8, 4) is 0 Å². The molecule has 0 heterocycles. The summed E-state index contributed by atoms with van der Waals surface area (Å²) in [7, 11) is 1.65. The molecular formula is C13H20N2O2. The molecule has 1 aromatic rings. The summed E-state index contributed by atoms with van der Waals surface area (Å²) in [5, 5.41) is 5.63. The van der Waals surface area contributed by atoms with Crippen LogP contribution in [-0.2, 0) is 4.74 Å². The zero-order valence-electron chi connectivity index (χ0n) is 10.6. The molecule has 1 atom stereocenters. The molecule has 0 aliphatic carbocycles. The molecule has 0 saturated heterocycles. The Labute approximate surface area is 102 Å². The van der Waals surface area contributed by atoms with Crippen molar-refractivity contribution < 1.29 is 9.53 Å². The van der Waals surface area contributed by atoms with Gasteiger partial charge < -0.3 is 15.4 Å². The Hall–Kier alpha value is -1.55. The number of carbonyl (C=O) groups is 1. The quantitative estimate of drug-likeness (QED) is 0.825. The molecule has 0 spiro atoms. The highest BCUT2D eigenvalue weighted by Crippen LogP contribution is 2.08. The molecule has 17 heavy (non-hydrogen) atoms. The smallest absolute Gasteiger partial charge is 0.319 e. The van der Waals surface area contributed by atoms with E-state index in [0.717, 1.165) is 12.1 Å². The summed E-state index contributed by atoms with van der Waals surface area (Å²) in [5.41, 5.74) is 1.97. The molecule has 1 aromatic carbocycles. The first-order valence-corrected chi connectivity index (χ1v) is 5.75. The third-order valence-electron chi connectivity index (χ3n) is 2.44. The highest BCUT2D eigenvalue weighted by Gasteiger charge is 2.06. The molecule has 2 amide bonds. The summed E-state index contributed by atoms with van der Waals surface area (Å²) in [5.74, 6) is 0. The van der Waals surface area contributed by atoms with Gasteiger partial charge in [-0.25, -0.2) is 4.79 Å². The maximum atomic E-state index is 11.6. The van der Waals surface area contributed by atoms with Gasteiger partial charge in [-0.15, -0.1) is 0 Å². The van der Waals surface area contributed by atoms with Gasteiger partial charge in [0.05, 0.1) is 0 Å². The minimum Gasteiger partial charge on any atom is -0.385 e. The zero-order valence-corrected chi connectivity index (χ0v) is 10.6. The maximum absolute atomic E-state index is 11.6. The second-order valence-corrected chi connectivity index (χ2v) is 4.15. The van der Waals surface area contributed by atoms with E-state index < -0.39 is 0 Å². The normalized spacial score (nSPS) is 11.9. The number of nitrogens with one attached hydrogen (secondary N) is 2. The lowest BCUT2D eigenvalue weighted by molar-refractivity contribution is 0.185. The molecule has 1 rings (SSSR count). The number of methoxy groups -OCH3 is 1. The van der Waals surface area contributed by atoms with Crippen LogP contribution in [0.5, 0.6) is 0 Å². The number of hydrogen-bond acceptors (Lipinski definition) is 2. The fourth-order valence-corrected chi connectivity index (χ4v) is 1.39. The van der Waals surface area contributed by atoms with Gasteiger partial charge in [0.15, 0.2) is 0 Å². The second-order valence-electron chi connectivity index (χ2n) is 4.15. The van der Waals surface area contributed by atoms with Crippen LogP contribution in [0.15, 0.2) is 24.3 Å². The van der Waals surface area contributed by atoms with Crippen LogP contribution in [0.4, 0.5) is 10.5 Å². The molecule has 0 aliphatic rings. The summed E-state index contributed by atoms with van der Waals surface area (Å²) in [6.07, 6.45) is 0.803. The fourth-order valence-electron chi connectivity index (χ4n) is 1.39. The Morgan fingerprint density at radius 1 is 1.35 bits per heavy atom. The molecule has 0 saturated carbocycles. The Morgan fingerprint density at radius 2 is 2.00 bits per heavy atom. The van der Waals surface area contributed by atoms with Crippen molar-refractivity contribution in [3.05, 3.63) is 29.8 Å². The van der Waals surface area contributed by atoms with Crippen molar-refractivity contribution >= 4 is 11.7 Å². The van der Waals surface area contributed by atoms with E-state index in [1.165, 1.54) is 5.56 Å². The van der Waals surface area contributed by atoms with E-state index in [9.17, 15) is 4.79 Å². The minimum absolute atomic E-state index is 0.0976. The number of benzene rings is 1. The molecule has 0 aromatic heterocycles. The molecule has 4 heteroatoms. The molecule has 0 bridgehead atoms. The minimum atomic E-state index is -0.183. The SMILES string of the molecule is COCCC(C)NC(=O)Nc1ccc(C)cc1. The van der Waals surface area contributed by atoms with Gasteiger partial charge in [-0.3, -0.25) is 0 Å². The van der Waals surface area contributed by atoms with Gasteiger partial charge in [0.1, 0.15) is 0 Å². The molecule has 0 fully saturated rings. The topological polar surface area (TPSA) is 50.4 Å². The van der Waals surface area contributed by atoms with Crippen molar-refractivity contribution in [1.29, 1.82) is 0 Å². The Morgan fingerprint density at radius 3 is 2.59 bits per heavy atom. The van der Waals surface area contributed by atoms with Crippen LogP contribution in [-0.4, -0.2) is 25.8 Å². The first-order chi connectivity index (χ1) is 8.11. The number of amides is 2. The Kier molecular flexibility index (Phi) is 5.49. The second kappa shape index (κ2) is 6.91. The van der Waals surface area contributed by atoms with Crippen LogP contribution in [0.2, 0.25) is 0 Å². The largest absolute Gasteiger partial charge is 0.385 e. The third-order valence-corrected chi connectivity index (χ3v) is 2.44. The molecule has 4 nitrogen and oxygen atoms in total. The van der Waals surface area contributed by atoms with Crippen molar-refractivity contribution in [1.82, 2.24) is 5.32 Å². The molecule has 0 radical (unpaired) electrons. The molecule has 1 unspecified atom stereocenters. The number of ether oxygens (including phenoxy) is 1. The number of urea groups is 1. The van der Waals surface area contributed by atoms with E-state index in [1.54, 1.807) is 7.11 Å². The van der Waals surface area contributed by atoms with E-state index in [1.807, 2.05) is 38.1 Å². The van der Waals surface area contributed by atoms with Crippen LogP contribution in [0.3, 0.4) is 0 Å². The molecule has 2 N–H and O–H groups in total. The van der Waals surface area contributed by atoms with Crippen LogP contribution in [0.25, 0.3) is 0 Å². The van der Waals surface area contributed by atoms with Gasteiger partial charge in [-0.2, -0.15) is 0 Å². The van der Waals surface area contributed by atoms with Crippen molar-refractivity contribution in [2.24, 2.45) is 0 Å². The Bertz CT molecular complexity index is 349. The number of rotatable bonds is 5. The predicted molar refractivity (Wildman–Crippen MR) is 69.3 cm³/mol. The highest BCUT2D eigenvalue weighted by atomic mass is 16.5. The first kappa shape index (κ1) is 13.5. The summed E-state index contributed by atoms with van der Waals surface area (Å²) in [6, 6.07) is 7.61. The van der Waals surface area contributed by atoms with E-state index in [4.69, 9.17) is 4.74 Å². The lowest BCUT2D eigenvalue weighted by atomic mass is 10.2. The summed E-state index contributed by atoms with van der Waals surface area (Å²) < 4.78 is 4.95. The van der Waals surface area contributed by atoms with Gasteiger partial charge in [0.25, 0.3) is 0 Å². The fraction of sp³-hybridized carbons (Fsp3) is 0.462. The van der Waals surface area contributed by atoms with Crippen LogP contribution in [0, 0.1) is 6.92 Å². The predicted octanol–water partition coefficient (Wildman–Crippen LogP) is 2.54. The summed E-state index contributed by atoms with van der Waals surface area (Å²) in [6.45, 7) is 4.61. The summed E-state index contributed by atoms with van der Waals surface area (Å²) >= 11 is 0. The number of aryl methyl sites for hydroxylation is 1.